The minimum atomic E-state index is -0.172. The highest BCUT2D eigenvalue weighted by Crippen LogP contribution is 2.30. The molecule has 2 heterocycles. The number of fused-ring (bicyclic) bond motifs is 1. The predicted molar refractivity (Wildman–Crippen MR) is 141 cm³/mol. The third-order valence-corrected chi connectivity index (χ3v) is 6.61. The number of halogens is 1. The first-order chi connectivity index (χ1) is 17.3. The Kier molecular flexibility index (Phi) is 5.59. The van der Waals surface area contributed by atoms with E-state index in [1.807, 2.05) is 48.5 Å². The molecule has 0 aliphatic carbocycles. The lowest BCUT2D eigenvalue weighted by Crippen LogP contribution is -2.47. The van der Waals surface area contributed by atoms with Gasteiger partial charge < -0.3 is 9.80 Å². The zero-order valence-corrected chi connectivity index (χ0v) is 19.3. The van der Waals surface area contributed by atoms with E-state index in [1.165, 1.54) is 17.2 Å². The Morgan fingerprint density at radius 1 is 0.543 bits per heavy atom. The molecule has 5 aromatic rings. The number of piperazine rings is 1. The van der Waals surface area contributed by atoms with E-state index in [0.717, 1.165) is 54.3 Å². The number of para-hydroxylation sites is 2. The molecule has 0 saturated carbocycles. The van der Waals surface area contributed by atoms with E-state index < -0.39 is 0 Å². The molecule has 4 nitrogen and oxygen atoms in total. The van der Waals surface area contributed by atoms with Crippen LogP contribution < -0.4 is 9.80 Å². The van der Waals surface area contributed by atoms with Crippen LogP contribution in [0.1, 0.15) is 0 Å². The maximum absolute atomic E-state index is 14.3. The van der Waals surface area contributed by atoms with E-state index >= 15 is 0 Å². The minimum absolute atomic E-state index is 0.172. The number of nitrogens with zero attached hydrogens (tertiary/aromatic N) is 4. The van der Waals surface area contributed by atoms with Crippen molar-refractivity contribution in [1.82, 2.24) is 9.97 Å². The SMILES string of the molecule is Fc1ccccc1N1CCN(c2nc(-c3ccc(-c4ccccc4)cc3)nc3ccccc23)CC1. The minimum Gasteiger partial charge on any atom is -0.366 e. The highest BCUT2D eigenvalue weighted by Gasteiger charge is 2.22. The molecule has 1 saturated heterocycles. The Balaban J connectivity index is 1.31. The van der Waals surface area contributed by atoms with Gasteiger partial charge in [0.15, 0.2) is 5.82 Å². The Hall–Kier alpha value is -4.25. The molecule has 0 atom stereocenters. The van der Waals surface area contributed by atoms with Crippen LogP contribution in [0.3, 0.4) is 0 Å². The molecule has 0 spiro atoms. The topological polar surface area (TPSA) is 32.3 Å². The normalized spacial score (nSPS) is 13.9. The van der Waals surface area contributed by atoms with Gasteiger partial charge in [0.25, 0.3) is 0 Å². The summed E-state index contributed by atoms with van der Waals surface area (Å²) in [6.07, 6.45) is 0. The third-order valence-electron chi connectivity index (χ3n) is 6.61. The first-order valence-electron chi connectivity index (χ1n) is 11.9. The monoisotopic (exact) mass is 460 g/mol. The van der Waals surface area contributed by atoms with E-state index in [9.17, 15) is 4.39 Å². The van der Waals surface area contributed by atoms with Crippen LogP contribution in [0.2, 0.25) is 0 Å². The Morgan fingerprint density at radius 2 is 1.14 bits per heavy atom. The molecule has 1 aromatic heterocycles. The van der Waals surface area contributed by atoms with Gasteiger partial charge in [-0.1, -0.05) is 78.9 Å². The van der Waals surface area contributed by atoms with Crippen molar-refractivity contribution in [3.05, 3.63) is 109 Å². The second-order valence-corrected chi connectivity index (χ2v) is 8.76. The van der Waals surface area contributed by atoms with Crippen molar-refractivity contribution in [2.24, 2.45) is 0 Å². The lowest BCUT2D eigenvalue weighted by Gasteiger charge is -2.37. The second-order valence-electron chi connectivity index (χ2n) is 8.76. The zero-order chi connectivity index (χ0) is 23.6. The Bertz CT molecular complexity index is 1460. The molecule has 35 heavy (non-hydrogen) atoms. The zero-order valence-electron chi connectivity index (χ0n) is 19.3. The van der Waals surface area contributed by atoms with Crippen molar-refractivity contribution < 1.29 is 4.39 Å². The first-order valence-corrected chi connectivity index (χ1v) is 11.9. The molecule has 5 heteroatoms. The van der Waals surface area contributed by atoms with Gasteiger partial charge in [-0.15, -0.1) is 0 Å². The van der Waals surface area contributed by atoms with Crippen molar-refractivity contribution in [2.45, 2.75) is 0 Å². The molecule has 6 rings (SSSR count). The summed E-state index contributed by atoms with van der Waals surface area (Å²) < 4.78 is 14.3. The summed E-state index contributed by atoms with van der Waals surface area (Å²) in [6, 6.07) is 33.9. The van der Waals surface area contributed by atoms with Crippen LogP contribution in [0.15, 0.2) is 103 Å². The number of benzene rings is 4. The molecule has 1 aliphatic heterocycles. The van der Waals surface area contributed by atoms with Gasteiger partial charge >= 0.3 is 0 Å². The molecule has 0 unspecified atom stereocenters. The van der Waals surface area contributed by atoms with Gasteiger partial charge in [0.05, 0.1) is 11.2 Å². The molecule has 1 aliphatic rings. The van der Waals surface area contributed by atoms with Crippen LogP contribution in [0.5, 0.6) is 0 Å². The number of hydrogen-bond acceptors (Lipinski definition) is 4. The fraction of sp³-hybridized carbons (Fsp3) is 0.133. The molecule has 0 N–H and O–H groups in total. The van der Waals surface area contributed by atoms with Crippen molar-refractivity contribution in [1.29, 1.82) is 0 Å². The molecular weight excluding hydrogens is 435 g/mol. The molecule has 0 amide bonds. The van der Waals surface area contributed by atoms with Gasteiger partial charge in [0.1, 0.15) is 11.6 Å². The standard InChI is InChI=1S/C30H25FN4/c31-26-11-5-7-13-28(26)34-18-20-35(21-19-34)30-25-10-4-6-12-27(25)32-29(33-30)24-16-14-23(15-17-24)22-8-2-1-3-9-22/h1-17H,18-21H2. The van der Waals surface area contributed by atoms with Crippen LogP contribution in [0.4, 0.5) is 15.9 Å². The van der Waals surface area contributed by atoms with Gasteiger partial charge in [0.2, 0.25) is 0 Å². The lowest BCUT2D eigenvalue weighted by molar-refractivity contribution is 0.597. The number of hydrogen-bond donors (Lipinski definition) is 0. The van der Waals surface area contributed by atoms with E-state index in [-0.39, 0.29) is 5.82 Å². The summed E-state index contributed by atoms with van der Waals surface area (Å²) >= 11 is 0. The van der Waals surface area contributed by atoms with Gasteiger partial charge in [-0.3, -0.25) is 0 Å². The molecule has 4 aromatic carbocycles. The number of rotatable bonds is 4. The molecule has 0 bridgehead atoms. The fourth-order valence-electron chi connectivity index (χ4n) is 4.74. The van der Waals surface area contributed by atoms with E-state index in [2.05, 4.69) is 52.3 Å². The molecule has 0 radical (unpaired) electrons. The van der Waals surface area contributed by atoms with Crippen molar-refractivity contribution >= 4 is 22.4 Å². The van der Waals surface area contributed by atoms with E-state index in [0.29, 0.717) is 5.69 Å². The van der Waals surface area contributed by atoms with Crippen molar-refractivity contribution in [2.75, 3.05) is 36.0 Å². The largest absolute Gasteiger partial charge is 0.366 e. The van der Waals surface area contributed by atoms with Crippen LogP contribution in [0, 0.1) is 5.82 Å². The second kappa shape index (κ2) is 9.18. The van der Waals surface area contributed by atoms with Gasteiger partial charge in [-0.2, -0.15) is 0 Å². The van der Waals surface area contributed by atoms with E-state index in [1.54, 1.807) is 6.07 Å². The van der Waals surface area contributed by atoms with Gasteiger partial charge in [-0.05, 0) is 35.4 Å². The van der Waals surface area contributed by atoms with Gasteiger partial charge in [0, 0.05) is 37.1 Å². The Labute approximate surface area is 204 Å². The third kappa shape index (κ3) is 4.21. The highest BCUT2D eigenvalue weighted by molar-refractivity contribution is 5.91. The van der Waals surface area contributed by atoms with Crippen LogP contribution in [-0.2, 0) is 0 Å². The predicted octanol–water partition coefficient (Wildman–Crippen LogP) is 6.43. The molecular formula is C30H25FN4. The summed E-state index contributed by atoms with van der Waals surface area (Å²) in [5.41, 5.74) is 4.93. The summed E-state index contributed by atoms with van der Waals surface area (Å²) in [5.74, 6) is 1.48. The summed E-state index contributed by atoms with van der Waals surface area (Å²) in [4.78, 5) is 14.3. The fourth-order valence-corrected chi connectivity index (χ4v) is 4.74. The average molecular weight is 461 g/mol. The summed E-state index contributed by atoms with van der Waals surface area (Å²) in [7, 11) is 0. The number of anilines is 2. The van der Waals surface area contributed by atoms with Crippen LogP contribution in [0.25, 0.3) is 33.4 Å². The highest BCUT2D eigenvalue weighted by atomic mass is 19.1. The summed E-state index contributed by atoms with van der Waals surface area (Å²) in [5, 5.41) is 1.04. The van der Waals surface area contributed by atoms with Crippen LogP contribution >= 0.6 is 0 Å². The van der Waals surface area contributed by atoms with Crippen LogP contribution in [-0.4, -0.2) is 36.1 Å². The Morgan fingerprint density at radius 3 is 1.91 bits per heavy atom. The maximum atomic E-state index is 14.3. The van der Waals surface area contributed by atoms with E-state index in [4.69, 9.17) is 9.97 Å². The number of aromatic nitrogens is 2. The smallest absolute Gasteiger partial charge is 0.162 e. The van der Waals surface area contributed by atoms with Crippen molar-refractivity contribution in [3.63, 3.8) is 0 Å². The summed E-state index contributed by atoms with van der Waals surface area (Å²) in [6.45, 7) is 3.00. The molecule has 172 valence electrons. The quantitative estimate of drug-likeness (QED) is 0.309. The maximum Gasteiger partial charge on any atom is 0.162 e. The lowest BCUT2D eigenvalue weighted by atomic mass is 10.0. The van der Waals surface area contributed by atoms with Crippen molar-refractivity contribution in [3.8, 4) is 22.5 Å². The molecule has 1 fully saturated rings. The first kappa shape index (κ1) is 21.3. The average Bonchev–Trinajstić information content (AvgIpc) is 2.93. The van der Waals surface area contributed by atoms with Gasteiger partial charge in [-0.25, -0.2) is 14.4 Å².